The van der Waals surface area contributed by atoms with Crippen molar-refractivity contribution in [3.05, 3.63) is 72.1 Å². The number of hydrogen-bond donors (Lipinski definition) is 1. The fraction of sp³-hybridized carbons (Fsp3) is 0.200. The molecule has 7 nitrogen and oxygen atoms in total. The molecule has 2 N–H and O–H groups in total. The van der Waals surface area contributed by atoms with Gasteiger partial charge >= 0.3 is 0 Å². The van der Waals surface area contributed by atoms with Crippen molar-refractivity contribution in [1.82, 2.24) is 19.7 Å². The van der Waals surface area contributed by atoms with E-state index in [9.17, 15) is 4.79 Å². The van der Waals surface area contributed by atoms with E-state index >= 15 is 0 Å². The van der Waals surface area contributed by atoms with Crippen molar-refractivity contribution >= 4 is 28.6 Å². The summed E-state index contributed by atoms with van der Waals surface area (Å²) in [5, 5.41) is 10.5. The van der Waals surface area contributed by atoms with E-state index in [2.05, 4.69) is 33.4 Å². The van der Waals surface area contributed by atoms with Crippen molar-refractivity contribution in [2.24, 2.45) is 5.73 Å². The number of aromatic nitrogens is 4. The number of nitrogens with zero attached hydrogens (tertiary/aromatic N) is 4. The van der Waals surface area contributed by atoms with Crippen LogP contribution in [0.4, 0.5) is 0 Å². The summed E-state index contributed by atoms with van der Waals surface area (Å²) >= 11 is 1.58. The summed E-state index contributed by atoms with van der Waals surface area (Å²) in [6.45, 7) is 0.504. The van der Waals surface area contributed by atoms with Gasteiger partial charge in [-0.15, -0.1) is 10.2 Å². The molecule has 0 unspecified atom stereocenters. The Morgan fingerprint density at radius 3 is 2.86 bits per heavy atom. The van der Waals surface area contributed by atoms with Crippen molar-refractivity contribution in [3.8, 4) is 0 Å². The van der Waals surface area contributed by atoms with Gasteiger partial charge in [0.2, 0.25) is 5.91 Å². The zero-order valence-electron chi connectivity index (χ0n) is 15.1. The monoisotopic (exact) mass is 393 g/mol. The van der Waals surface area contributed by atoms with E-state index in [1.807, 2.05) is 28.8 Å². The Bertz CT molecular complexity index is 1090. The van der Waals surface area contributed by atoms with Gasteiger partial charge in [-0.3, -0.25) is 14.3 Å². The standard InChI is InChI=1S/C20H19N5O2S/c21-17(26)8-9-18-23-24-20(25(18)12-16-7-3-11-27-16)28-13-15-5-1-4-14-6-2-10-22-19(14)15/h1-7,10-11H,8-9,12-13H2,(H2,21,26). The van der Waals surface area contributed by atoms with Crippen LogP contribution in [0.15, 0.2) is 64.5 Å². The second-order valence-electron chi connectivity index (χ2n) is 6.31. The van der Waals surface area contributed by atoms with Gasteiger partial charge in [0.25, 0.3) is 0 Å². The van der Waals surface area contributed by atoms with Gasteiger partial charge in [-0.1, -0.05) is 36.0 Å². The lowest BCUT2D eigenvalue weighted by atomic mass is 10.1. The molecule has 0 atom stereocenters. The van der Waals surface area contributed by atoms with Gasteiger partial charge in [-0.25, -0.2) is 0 Å². The topological polar surface area (TPSA) is 99.8 Å². The summed E-state index contributed by atoms with van der Waals surface area (Å²) in [7, 11) is 0. The minimum Gasteiger partial charge on any atom is -0.467 e. The number of nitrogens with two attached hydrogens (primary N) is 1. The fourth-order valence-corrected chi connectivity index (χ4v) is 3.93. The third-order valence-corrected chi connectivity index (χ3v) is 5.37. The summed E-state index contributed by atoms with van der Waals surface area (Å²) in [5.74, 6) is 1.87. The molecule has 0 spiro atoms. The molecule has 0 saturated heterocycles. The van der Waals surface area contributed by atoms with Gasteiger partial charge in [0, 0.05) is 30.2 Å². The summed E-state index contributed by atoms with van der Waals surface area (Å²) in [6, 6.07) is 13.9. The summed E-state index contributed by atoms with van der Waals surface area (Å²) in [6.07, 6.45) is 4.11. The number of aryl methyl sites for hydroxylation is 1. The Hall–Kier alpha value is -3.13. The molecule has 0 aliphatic rings. The van der Waals surface area contributed by atoms with Crippen molar-refractivity contribution in [1.29, 1.82) is 0 Å². The molecule has 8 heteroatoms. The van der Waals surface area contributed by atoms with E-state index in [1.54, 1.807) is 24.2 Å². The van der Waals surface area contributed by atoms with E-state index in [0.717, 1.165) is 27.4 Å². The normalized spacial score (nSPS) is 11.1. The highest BCUT2D eigenvalue weighted by atomic mass is 32.2. The number of carbonyl (C=O) groups is 1. The molecule has 142 valence electrons. The lowest BCUT2D eigenvalue weighted by Gasteiger charge is -2.09. The largest absolute Gasteiger partial charge is 0.467 e. The smallest absolute Gasteiger partial charge is 0.217 e. The third-order valence-electron chi connectivity index (χ3n) is 4.36. The predicted molar refractivity (Wildman–Crippen MR) is 107 cm³/mol. The van der Waals surface area contributed by atoms with Crippen LogP contribution in [0.5, 0.6) is 0 Å². The number of carbonyl (C=O) groups excluding carboxylic acids is 1. The summed E-state index contributed by atoms with van der Waals surface area (Å²) in [4.78, 5) is 15.7. The average molecular weight is 393 g/mol. The Morgan fingerprint density at radius 1 is 1.14 bits per heavy atom. The first-order chi connectivity index (χ1) is 13.7. The molecule has 1 aromatic carbocycles. The lowest BCUT2D eigenvalue weighted by molar-refractivity contribution is -0.118. The number of rotatable bonds is 8. The van der Waals surface area contributed by atoms with Gasteiger partial charge in [0.15, 0.2) is 5.16 Å². The Kier molecular flexibility index (Phi) is 5.38. The fourth-order valence-electron chi connectivity index (χ4n) is 2.99. The molecule has 3 aromatic heterocycles. The second kappa shape index (κ2) is 8.26. The maximum absolute atomic E-state index is 11.2. The highest BCUT2D eigenvalue weighted by Gasteiger charge is 2.15. The Labute approximate surface area is 166 Å². The van der Waals surface area contributed by atoms with Gasteiger partial charge < -0.3 is 10.2 Å². The Balaban J connectivity index is 1.58. The third kappa shape index (κ3) is 4.07. The van der Waals surface area contributed by atoms with Gasteiger partial charge in [-0.2, -0.15) is 0 Å². The van der Waals surface area contributed by atoms with Gasteiger partial charge in [0.1, 0.15) is 11.6 Å². The highest BCUT2D eigenvalue weighted by Crippen LogP contribution is 2.26. The van der Waals surface area contributed by atoms with E-state index in [-0.39, 0.29) is 12.3 Å². The zero-order chi connectivity index (χ0) is 19.3. The minimum absolute atomic E-state index is 0.230. The first kappa shape index (κ1) is 18.2. The molecule has 0 aliphatic heterocycles. The van der Waals surface area contributed by atoms with Crippen LogP contribution in [0.2, 0.25) is 0 Å². The van der Waals surface area contributed by atoms with Crippen molar-refractivity contribution in [2.75, 3.05) is 0 Å². The lowest BCUT2D eigenvalue weighted by Crippen LogP contribution is -2.14. The zero-order valence-corrected chi connectivity index (χ0v) is 15.9. The number of pyridine rings is 1. The molecule has 0 saturated carbocycles. The Morgan fingerprint density at radius 2 is 2.04 bits per heavy atom. The first-order valence-corrected chi connectivity index (χ1v) is 9.87. The molecule has 1 amide bonds. The quantitative estimate of drug-likeness (QED) is 0.462. The number of thioether (sulfide) groups is 1. The first-order valence-electron chi connectivity index (χ1n) is 8.89. The van der Waals surface area contributed by atoms with Crippen molar-refractivity contribution in [2.45, 2.75) is 30.3 Å². The van der Waals surface area contributed by atoms with Crippen LogP contribution in [0.25, 0.3) is 10.9 Å². The van der Waals surface area contributed by atoms with E-state index in [0.29, 0.717) is 24.5 Å². The number of furan rings is 1. The molecule has 28 heavy (non-hydrogen) atoms. The second-order valence-corrected chi connectivity index (χ2v) is 7.25. The van der Waals surface area contributed by atoms with Crippen LogP contribution < -0.4 is 5.73 Å². The number of fused-ring (bicyclic) bond motifs is 1. The summed E-state index contributed by atoms with van der Waals surface area (Å²) < 4.78 is 7.45. The molecule has 0 fully saturated rings. The maximum atomic E-state index is 11.2. The van der Waals surface area contributed by atoms with Crippen LogP contribution >= 0.6 is 11.8 Å². The predicted octanol–water partition coefficient (Wildman–Crippen LogP) is 3.18. The van der Waals surface area contributed by atoms with Crippen molar-refractivity contribution < 1.29 is 9.21 Å². The van der Waals surface area contributed by atoms with Crippen LogP contribution in [-0.4, -0.2) is 25.7 Å². The number of amides is 1. The highest BCUT2D eigenvalue weighted by molar-refractivity contribution is 7.98. The van der Waals surface area contributed by atoms with E-state index in [4.69, 9.17) is 10.2 Å². The molecule has 0 bridgehead atoms. The van der Waals surface area contributed by atoms with Crippen LogP contribution in [0.1, 0.15) is 23.6 Å². The number of para-hydroxylation sites is 1. The maximum Gasteiger partial charge on any atom is 0.217 e. The van der Waals surface area contributed by atoms with Crippen molar-refractivity contribution in [3.63, 3.8) is 0 Å². The van der Waals surface area contributed by atoms with Gasteiger partial charge in [-0.05, 0) is 23.8 Å². The number of primary amides is 1. The molecule has 4 rings (SSSR count). The molecular formula is C20H19N5O2S. The SMILES string of the molecule is NC(=O)CCc1nnc(SCc2cccc3cccnc23)n1Cc1ccco1. The average Bonchev–Trinajstić information content (AvgIpc) is 3.35. The van der Waals surface area contributed by atoms with Crippen LogP contribution in [0, 0.1) is 0 Å². The minimum atomic E-state index is -0.358. The number of hydrogen-bond acceptors (Lipinski definition) is 6. The van der Waals surface area contributed by atoms with E-state index in [1.165, 1.54) is 0 Å². The molecular weight excluding hydrogens is 374 g/mol. The molecule has 4 aromatic rings. The number of benzene rings is 1. The van der Waals surface area contributed by atoms with Crippen LogP contribution in [-0.2, 0) is 23.5 Å². The molecule has 0 radical (unpaired) electrons. The van der Waals surface area contributed by atoms with Gasteiger partial charge in [0.05, 0.1) is 18.3 Å². The molecule has 3 heterocycles. The van der Waals surface area contributed by atoms with Crippen LogP contribution in [0.3, 0.4) is 0 Å². The summed E-state index contributed by atoms with van der Waals surface area (Å²) in [5.41, 5.74) is 7.42. The van der Waals surface area contributed by atoms with E-state index < -0.39 is 0 Å². The molecule has 0 aliphatic carbocycles.